The molecular formula is C20H15NO5. The summed E-state index contributed by atoms with van der Waals surface area (Å²) in [6.07, 6.45) is 0. The van der Waals surface area contributed by atoms with E-state index in [1.54, 1.807) is 19.1 Å². The van der Waals surface area contributed by atoms with Crippen LogP contribution in [-0.2, 0) is 4.79 Å². The van der Waals surface area contributed by atoms with Gasteiger partial charge in [0.2, 0.25) is 0 Å². The fourth-order valence-electron chi connectivity index (χ4n) is 2.91. The van der Waals surface area contributed by atoms with E-state index < -0.39 is 11.5 Å². The zero-order valence-corrected chi connectivity index (χ0v) is 13.9. The van der Waals surface area contributed by atoms with E-state index in [0.29, 0.717) is 28.0 Å². The summed E-state index contributed by atoms with van der Waals surface area (Å²) in [5.41, 5.74) is 7.13. The van der Waals surface area contributed by atoms with Crippen LogP contribution in [0.2, 0.25) is 0 Å². The number of primary amides is 1. The Balaban J connectivity index is 1.93. The first kappa shape index (κ1) is 16.0. The highest BCUT2D eigenvalue weighted by atomic mass is 16.5. The van der Waals surface area contributed by atoms with Gasteiger partial charge in [0.05, 0.1) is 0 Å². The Morgan fingerprint density at radius 2 is 1.88 bits per heavy atom. The monoisotopic (exact) mass is 349 g/mol. The summed E-state index contributed by atoms with van der Waals surface area (Å²) in [4.78, 5) is 23.0. The van der Waals surface area contributed by atoms with Crippen LogP contribution >= 0.6 is 0 Å². The van der Waals surface area contributed by atoms with Crippen LogP contribution in [0.4, 0.5) is 0 Å². The number of hydrogen-bond acceptors (Lipinski definition) is 5. The zero-order chi connectivity index (χ0) is 18.3. The molecule has 6 nitrogen and oxygen atoms in total. The van der Waals surface area contributed by atoms with E-state index in [0.717, 1.165) is 16.5 Å². The van der Waals surface area contributed by atoms with Crippen molar-refractivity contribution in [2.45, 2.75) is 6.92 Å². The number of aryl methyl sites for hydroxylation is 1. The number of furan rings is 1. The summed E-state index contributed by atoms with van der Waals surface area (Å²) >= 11 is 0. The number of benzene rings is 2. The first-order chi connectivity index (χ1) is 12.5. The van der Waals surface area contributed by atoms with Gasteiger partial charge in [0.15, 0.2) is 6.61 Å². The fourth-order valence-corrected chi connectivity index (χ4v) is 2.91. The van der Waals surface area contributed by atoms with Crippen LogP contribution < -0.4 is 16.1 Å². The smallest absolute Gasteiger partial charge is 0.336 e. The number of ether oxygens (including phenoxy) is 1. The molecule has 26 heavy (non-hydrogen) atoms. The molecule has 0 bridgehead atoms. The molecule has 1 amide bonds. The summed E-state index contributed by atoms with van der Waals surface area (Å²) < 4.78 is 16.7. The molecule has 0 aliphatic carbocycles. The largest absolute Gasteiger partial charge is 0.483 e. The van der Waals surface area contributed by atoms with Crippen LogP contribution in [-0.4, -0.2) is 12.5 Å². The molecule has 2 aromatic heterocycles. The maximum Gasteiger partial charge on any atom is 0.336 e. The summed E-state index contributed by atoms with van der Waals surface area (Å²) in [6.45, 7) is 1.56. The van der Waals surface area contributed by atoms with Crippen molar-refractivity contribution in [3.8, 4) is 17.1 Å². The van der Waals surface area contributed by atoms with Crippen molar-refractivity contribution in [3.05, 3.63) is 64.5 Å². The Kier molecular flexibility index (Phi) is 3.73. The third-order valence-electron chi connectivity index (χ3n) is 4.10. The highest BCUT2D eigenvalue weighted by Gasteiger charge is 2.15. The number of hydrogen-bond donors (Lipinski definition) is 1. The van der Waals surface area contributed by atoms with Gasteiger partial charge in [0.1, 0.15) is 22.7 Å². The minimum Gasteiger partial charge on any atom is -0.483 e. The molecule has 4 aromatic rings. The molecule has 0 spiro atoms. The second kappa shape index (κ2) is 6.07. The van der Waals surface area contributed by atoms with Crippen molar-refractivity contribution >= 4 is 27.8 Å². The molecule has 0 aliphatic heterocycles. The van der Waals surface area contributed by atoms with Gasteiger partial charge in [-0.1, -0.05) is 18.2 Å². The molecule has 2 N–H and O–H groups in total. The molecule has 4 rings (SSSR count). The van der Waals surface area contributed by atoms with Crippen molar-refractivity contribution in [3.63, 3.8) is 0 Å². The van der Waals surface area contributed by atoms with Gasteiger partial charge < -0.3 is 19.3 Å². The Labute approximate surface area is 147 Å². The van der Waals surface area contributed by atoms with Crippen LogP contribution in [0.3, 0.4) is 0 Å². The van der Waals surface area contributed by atoms with Gasteiger partial charge in [-0.2, -0.15) is 0 Å². The summed E-state index contributed by atoms with van der Waals surface area (Å²) in [6, 6.07) is 14.3. The topological polar surface area (TPSA) is 95.7 Å². The maximum absolute atomic E-state index is 12.0. The second-order valence-electron chi connectivity index (χ2n) is 6.00. The number of para-hydroxylation sites is 1. The van der Waals surface area contributed by atoms with Crippen LogP contribution in [0.15, 0.2) is 62.2 Å². The highest BCUT2D eigenvalue weighted by molar-refractivity contribution is 5.95. The van der Waals surface area contributed by atoms with Gasteiger partial charge in [-0.3, -0.25) is 4.79 Å². The molecule has 130 valence electrons. The third-order valence-corrected chi connectivity index (χ3v) is 4.10. The number of fused-ring (bicyclic) bond motifs is 2. The Hall–Kier alpha value is -3.54. The van der Waals surface area contributed by atoms with E-state index in [-0.39, 0.29) is 6.61 Å². The molecule has 6 heteroatoms. The van der Waals surface area contributed by atoms with Gasteiger partial charge in [-0.25, -0.2) is 4.79 Å². The van der Waals surface area contributed by atoms with Gasteiger partial charge in [-0.05, 0) is 36.8 Å². The number of nitrogens with two attached hydrogens (primary N) is 1. The molecule has 0 fully saturated rings. The van der Waals surface area contributed by atoms with Gasteiger partial charge in [-0.15, -0.1) is 0 Å². The zero-order valence-electron chi connectivity index (χ0n) is 13.9. The Morgan fingerprint density at radius 3 is 2.65 bits per heavy atom. The molecule has 0 atom stereocenters. The number of rotatable bonds is 4. The molecule has 2 heterocycles. The predicted octanol–water partition coefficient (Wildman–Crippen LogP) is 3.38. The van der Waals surface area contributed by atoms with E-state index in [1.807, 2.05) is 30.3 Å². The van der Waals surface area contributed by atoms with Gasteiger partial charge in [0.25, 0.3) is 5.91 Å². The molecule has 0 radical (unpaired) electrons. The third kappa shape index (κ3) is 2.82. The molecule has 0 unspecified atom stereocenters. The second-order valence-corrected chi connectivity index (χ2v) is 6.00. The van der Waals surface area contributed by atoms with Crippen LogP contribution in [0.1, 0.15) is 5.56 Å². The van der Waals surface area contributed by atoms with E-state index in [4.69, 9.17) is 19.3 Å². The maximum atomic E-state index is 12.0. The number of carbonyl (C=O) groups excluding carboxylic acids is 1. The van der Waals surface area contributed by atoms with E-state index >= 15 is 0 Å². The van der Waals surface area contributed by atoms with Gasteiger partial charge >= 0.3 is 5.63 Å². The molecular weight excluding hydrogens is 334 g/mol. The van der Waals surface area contributed by atoms with Crippen molar-refractivity contribution in [2.75, 3.05) is 6.61 Å². The highest BCUT2D eigenvalue weighted by Crippen LogP contribution is 2.35. The summed E-state index contributed by atoms with van der Waals surface area (Å²) in [5, 5.41) is 1.58. The van der Waals surface area contributed by atoms with Crippen LogP contribution in [0, 0.1) is 6.92 Å². The molecule has 2 aromatic carbocycles. The lowest BCUT2D eigenvalue weighted by atomic mass is 10.0. The number of amides is 1. The van der Waals surface area contributed by atoms with E-state index in [2.05, 4.69) is 0 Å². The van der Waals surface area contributed by atoms with Crippen molar-refractivity contribution in [1.29, 1.82) is 0 Å². The SMILES string of the molecule is Cc1cc2oc(=O)cc(-c3cc4ccccc4o3)c2cc1OCC(N)=O. The normalized spacial score (nSPS) is 11.1. The van der Waals surface area contributed by atoms with E-state index in [9.17, 15) is 9.59 Å². The van der Waals surface area contributed by atoms with Crippen LogP contribution in [0.5, 0.6) is 5.75 Å². The lowest BCUT2D eigenvalue weighted by molar-refractivity contribution is -0.119. The summed E-state index contributed by atoms with van der Waals surface area (Å²) in [7, 11) is 0. The molecule has 0 aliphatic rings. The fraction of sp³-hybridized carbons (Fsp3) is 0.100. The van der Waals surface area contributed by atoms with Crippen molar-refractivity contribution in [2.24, 2.45) is 5.73 Å². The van der Waals surface area contributed by atoms with E-state index in [1.165, 1.54) is 6.07 Å². The minimum atomic E-state index is -0.568. The first-order valence-corrected chi connectivity index (χ1v) is 8.00. The lowest BCUT2D eigenvalue weighted by Crippen LogP contribution is -2.20. The van der Waals surface area contributed by atoms with Crippen molar-refractivity contribution < 1.29 is 18.4 Å². The summed E-state index contributed by atoms with van der Waals surface area (Å²) in [5.74, 6) is 0.470. The molecule has 0 saturated heterocycles. The average molecular weight is 349 g/mol. The van der Waals surface area contributed by atoms with Gasteiger partial charge in [0, 0.05) is 22.4 Å². The lowest BCUT2D eigenvalue weighted by Gasteiger charge is -2.10. The standard InChI is InChI=1S/C20H15NO5/c1-11-6-17-13(8-16(11)24-10-19(21)22)14(9-20(23)26-17)18-7-12-4-2-3-5-15(12)25-18/h2-9H,10H2,1H3,(H2,21,22). The van der Waals surface area contributed by atoms with Crippen LogP contribution in [0.25, 0.3) is 33.3 Å². The number of carbonyl (C=O) groups is 1. The molecule has 0 saturated carbocycles. The Bertz CT molecular complexity index is 1170. The van der Waals surface area contributed by atoms with Crippen molar-refractivity contribution in [1.82, 2.24) is 0 Å². The minimum absolute atomic E-state index is 0.233. The first-order valence-electron chi connectivity index (χ1n) is 8.00. The quantitative estimate of drug-likeness (QED) is 0.570. The Morgan fingerprint density at radius 1 is 1.08 bits per heavy atom. The average Bonchev–Trinajstić information content (AvgIpc) is 3.03. The predicted molar refractivity (Wildman–Crippen MR) is 97.1 cm³/mol.